The number of oxazole rings is 1. The van der Waals surface area contributed by atoms with Crippen LogP contribution in [0.4, 0.5) is 4.79 Å². The van der Waals surface area contributed by atoms with Gasteiger partial charge in [-0.3, -0.25) is 14.4 Å². The lowest BCUT2D eigenvalue weighted by Gasteiger charge is -2.29. The SMILES string of the molecule is NCCCC[C@H](NC(=O)[C@@H]1C[C@@H](OCc2ccccc2)CN1C(=O)[C@@H](COCc1ccccc1)NC(=O)OCc1ccccc1)C(=O)c1nc2ccccc2o1. The first-order chi connectivity index (χ1) is 27.4. The summed E-state index contributed by atoms with van der Waals surface area (Å²) in [5.41, 5.74) is 9.30. The van der Waals surface area contributed by atoms with Crippen molar-refractivity contribution in [2.75, 3.05) is 19.7 Å². The Morgan fingerprint density at radius 2 is 1.39 bits per heavy atom. The number of carbonyl (C=O) groups excluding carboxylic acids is 4. The first-order valence-electron chi connectivity index (χ1n) is 18.8. The van der Waals surface area contributed by atoms with Crippen LogP contribution >= 0.6 is 0 Å². The fourth-order valence-corrected chi connectivity index (χ4v) is 6.51. The Morgan fingerprint density at radius 3 is 2.05 bits per heavy atom. The van der Waals surface area contributed by atoms with Crippen LogP contribution in [0, 0.1) is 0 Å². The van der Waals surface area contributed by atoms with Gasteiger partial charge in [0.15, 0.2) is 5.58 Å². The van der Waals surface area contributed by atoms with Crippen molar-refractivity contribution in [1.82, 2.24) is 20.5 Å². The second kappa shape index (κ2) is 20.1. The number of likely N-dealkylation sites (tertiary alicyclic amines) is 1. The number of amides is 3. The van der Waals surface area contributed by atoms with Crippen LogP contribution in [0.5, 0.6) is 0 Å². The number of nitrogens with two attached hydrogens (primary N) is 1. The topological polar surface area (TPSA) is 175 Å². The summed E-state index contributed by atoms with van der Waals surface area (Å²) in [6, 6.07) is 31.9. The number of nitrogens with zero attached hydrogens (tertiary/aromatic N) is 2. The number of hydrogen-bond donors (Lipinski definition) is 3. The number of carbonyl (C=O) groups is 4. The second-order valence-electron chi connectivity index (χ2n) is 13.6. The number of benzene rings is 4. The van der Waals surface area contributed by atoms with Crippen LogP contribution in [0.15, 0.2) is 120 Å². The molecule has 1 saturated heterocycles. The molecule has 2 heterocycles. The van der Waals surface area contributed by atoms with Gasteiger partial charge in [0.05, 0.1) is 32.0 Å². The molecule has 1 aliphatic rings. The Labute approximate surface area is 325 Å². The standard InChI is InChI=1S/C43H47N5O8/c44-23-13-12-21-35(39(49)41-46-34-20-10-11-22-38(34)56-41)45-40(50)37-24-33(54-27-31-16-6-2-7-17-31)25-48(37)42(51)36(29-53-26-30-14-4-1-5-15-30)47-43(52)55-28-32-18-8-3-9-19-32/h1-11,14-20,22,33,35-37H,12-13,21,23-29,44H2,(H,45,50)(H,47,52)/t33-,35+,36-,37+/m1/s1. The van der Waals surface area contributed by atoms with Crippen molar-refractivity contribution < 1.29 is 37.8 Å². The molecular formula is C43H47N5O8. The molecule has 5 aromatic rings. The molecule has 1 aliphatic heterocycles. The number of nitrogens with one attached hydrogen (secondary N) is 2. The molecule has 3 amide bonds. The molecule has 0 saturated carbocycles. The van der Waals surface area contributed by atoms with Crippen LogP contribution in [0.3, 0.4) is 0 Å². The normalized spacial score (nSPS) is 16.3. The van der Waals surface area contributed by atoms with E-state index < -0.39 is 47.9 Å². The van der Waals surface area contributed by atoms with Gasteiger partial charge in [0.25, 0.3) is 5.89 Å². The second-order valence-corrected chi connectivity index (χ2v) is 13.6. The lowest BCUT2D eigenvalue weighted by atomic mass is 10.0. The van der Waals surface area contributed by atoms with Gasteiger partial charge in [0.2, 0.25) is 17.6 Å². The Balaban J connectivity index is 1.22. The van der Waals surface area contributed by atoms with E-state index in [9.17, 15) is 19.2 Å². The van der Waals surface area contributed by atoms with Crippen LogP contribution in [0.2, 0.25) is 0 Å². The van der Waals surface area contributed by atoms with Crippen LogP contribution in [-0.4, -0.2) is 77.5 Å². The number of unbranched alkanes of at least 4 members (excludes halogenated alkanes) is 1. The van der Waals surface area contributed by atoms with Crippen LogP contribution in [0.25, 0.3) is 11.1 Å². The van der Waals surface area contributed by atoms with E-state index in [1.165, 1.54) is 4.90 Å². The van der Waals surface area contributed by atoms with Gasteiger partial charge in [-0.15, -0.1) is 0 Å². The first kappa shape index (κ1) is 39.8. The number of para-hydroxylation sites is 2. The summed E-state index contributed by atoms with van der Waals surface area (Å²) in [6.45, 7) is 0.691. The summed E-state index contributed by atoms with van der Waals surface area (Å²) in [5.74, 6) is -1.73. The minimum Gasteiger partial charge on any atom is -0.445 e. The minimum atomic E-state index is -1.22. The number of alkyl carbamates (subject to hydrolysis) is 1. The van der Waals surface area contributed by atoms with E-state index in [2.05, 4.69) is 15.6 Å². The van der Waals surface area contributed by atoms with Gasteiger partial charge in [-0.1, -0.05) is 103 Å². The smallest absolute Gasteiger partial charge is 0.408 e. The van der Waals surface area contributed by atoms with Crippen LogP contribution in [0.1, 0.15) is 53.1 Å². The lowest BCUT2D eigenvalue weighted by Crippen LogP contribution is -2.56. The highest BCUT2D eigenvalue weighted by Crippen LogP contribution is 2.25. The molecule has 0 radical (unpaired) electrons. The summed E-state index contributed by atoms with van der Waals surface area (Å²) in [6.07, 6.45) is 0.255. The number of Topliss-reactive ketones (excluding diaryl/α,β-unsaturated/α-hetero) is 1. The zero-order valence-corrected chi connectivity index (χ0v) is 31.1. The molecule has 13 heteroatoms. The van der Waals surface area contributed by atoms with E-state index in [1.807, 2.05) is 91.0 Å². The first-order valence-corrected chi connectivity index (χ1v) is 18.8. The number of hydrogen-bond acceptors (Lipinski definition) is 10. The Hall–Kier alpha value is -5.89. The van der Waals surface area contributed by atoms with E-state index in [1.54, 1.807) is 24.3 Å². The fourth-order valence-electron chi connectivity index (χ4n) is 6.51. The van der Waals surface area contributed by atoms with E-state index in [-0.39, 0.29) is 51.7 Å². The largest absolute Gasteiger partial charge is 0.445 e. The highest BCUT2D eigenvalue weighted by Gasteiger charge is 2.44. The highest BCUT2D eigenvalue weighted by molar-refractivity contribution is 6.01. The number of ether oxygens (including phenoxy) is 3. The molecule has 56 heavy (non-hydrogen) atoms. The molecule has 1 aromatic heterocycles. The molecule has 0 spiro atoms. The molecule has 4 N–H and O–H groups in total. The summed E-state index contributed by atoms with van der Waals surface area (Å²) in [7, 11) is 0. The van der Waals surface area contributed by atoms with E-state index in [4.69, 9.17) is 24.4 Å². The molecule has 292 valence electrons. The maximum atomic E-state index is 14.5. The van der Waals surface area contributed by atoms with Crippen molar-refractivity contribution in [1.29, 1.82) is 0 Å². The van der Waals surface area contributed by atoms with Crippen LogP contribution < -0.4 is 16.4 Å². The summed E-state index contributed by atoms with van der Waals surface area (Å²) < 4.78 is 23.4. The minimum absolute atomic E-state index is 0.0116. The van der Waals surface area contributed by atoms with Gasteiger partial charge in [0.1, 0.15) is 24.2 Å². The highest BCUT2D eigenvalue weighted by atomic mass is 16.5. The van der Waals surface area contributed by atoms with Gasteiger partial charge in [0, 0.05) is 13.0 Å². The van der Waals surface area contributed by atoms with Gasteiger partial charge < -0.3 is 39.9 Å². The number of aromatic nitrogens is 1. The predicted molar refractivity (Wildman–Crippen MR) is 208 cm³/mol. The molecule has 13 nitrogen and oxygen atoms in total. The number of rotatable bonds is 19. The van der Waals surface area contributed by atoms with Crippen molar-refractivity contribution in [2.24, 2.45) is 5.73 Å². The molecule has 0 unspecified atom stereocenters. The molecule has 0 aliphatic carbocycles. The fraction of sp³-hybridized carbons (Fsp3) is 0.326. The molecule has 6 rings (SSSR count). The summed E-state index contributed by atoms with van der Waals surface area (Å²) in [4.78, 5) is 61.6. The zero-order valence-electron chi connectivity index (χ0n) is 31.1. The van der Waals surface area contributed by atoms with Gasteiger partial charge in [-0.05, 0) is 54.6 Å². The van der Waals surface area contributed by atoms with Crippen LogP contribution in [-0.2, 0) is 43.6 Å². The van der Waals surface area contributed by atoms with Crippen molar-refractivity contribution in [3.05, 3.63) is 138 Å². The predicted octanol–water partition coefficient (Wildman–Crippen LogP) is 5.32. The maximum absolute atomic E-state index is 14.5. The number of ketones is 1. The van der Waals surface area contributed by atoms with Gasteiger partial charge in [-0.25, -0.2) is 9.78 Å². The quantitative estimate of drug-likeness (QED) is 0.0738. The third-order valence-corrected chi connectivity index (χ3v) is 9.46. The van der Waals surface area contributed by atoms with Crippen molar-refractivity contribution in [3.63, 3.8) is 0 Å². The van der Waals surface area contributed by atoms with Gasteiger partial charge >= 0.3 is 6.09 Å². The van der Waals surface area contributed by atoms with Crippen molar-refractivity contribution in [2.45, 2.75) is 69.7 Å². The maximum Gasteiger partial charge on any atom is 0.408 e. The van der Waals surface area contributed by atoms with E-state index >= 15 is 0 Å². The van der Waals surface area contributed by atoms with Crippen molar-refractivity contribution in [3.8, 4) is 0 Å². The third kappa shape index (κ3) is 11.1. The third-order valence-electron chi connectivity index (χ3n) is 9.46. The molecule has 1 fully saturated rings. The molecule has 4 aromatic carbocycles. The lowest BCUT2D eigenvalue weighted by molar-refractivity contribution is -0.141. The Morgan fingerprint density at radius 1 is 0.768 bits per heavy atom. The van der Waals surface area contributed by atoms with Gasteiger partial charge in [-0.2, -0.15) is 0 Å². The summed E-state index contributed by atoms with van der Waals surface area (Å²) >= 11 is 0. The average molecular weight is 762 g/mol. The Bertz CT molecular complexity index is 1990. The average Bonchev–Trinajstić information content (AvgIpc) is 3.87. The molecular weight excluding hydrogens is 714 g/mol. The molecule has 0 bridgehead atoms. The van der Waals surface area contributed by atoms with E-state index in [0.717, 1.165) is 16.7 Å². The molecule has 4 atom stereocenters. The van der Waals surface area contributed by atoms with E-state index in [0.29, 0.717) is 30.5 Å². The Kier molecular flexibility index (Phi) is 14.3. The zero-order chi connectivity index (χ0) is 39.1. The van der Waals surface area contributed by atoms with Crippen molar-refractivity contribution >= 4 is 34.8 Å². The summed E-state index contributed by atoms with van der Waals surface area (Å²) in [5, 5.41) is 5.57. The number of fused-ring (bicyclic) bond motifs is 1. The monoisotopic (exact) mass is 761 g/mol.